The number of carbonyl (C=O) groups is 1. The smallest absolute Gasteiger partial charge is 0.307 e. The molecule has 0 saturated carbocycles. The van der Waals surface area contributed by atoms with E-state index in [-0.39, 0.29) is 5.92 Å². The molecule has 0 amide bonds. The minimum atomic E-state index is -0.754. The average molecular weight is 226 g/mol. The molecular formula is C11H14O3S. The number of ether oxygens (including phenoxy) is 1. The minimum absolute atomic E-state index is 0.322. The second kappa shape index (κ2) is 5.66. The summed E-state index contributed by atoms with van der Waals surface area (Å²) in [5.74, 6) is 0.320. The highest BCUT2D eigenvalue weighted by molar-refractivity contribution is 7.99. The Hall–Kier alpha value is -1.16. The third kappa shape index (κ3) is 3.83. The fraction of sp³-hybridized carbons (Fsp3) is 0.364. The summed E-state index contributed by atoms with van der Waals surface area (Å²) in [4.78, 5) is 11.6. The lowest BCUT2D eigenvalue weighted by Gasteiger charge is -2.06. The van der Waals surface area contributed by atoms with E-state index in [2.05, 4.69) is 0 Å². The van der Waals surface area contributed by atoms with Crippen molar-refractivity contribution >= 4 is 17.7 Å². The molecule has 1 unspecified atom stereocenters. The first-order chi connectivity index (χ1) is 7.13. The van der Waals surface area contributed by atoms with E-state index >= 15 is 0 Å². The molecule has 0 bridgehead atoms. The maximum Gasteiger partial charge on any atom is 0.307 e. The largest absolute Gasteiger partial charge is 0.497 e. The molecule has 1 aromatic carbocycles. The average Bonchev–Trinajstić information content (AvgIpc) is 2.26. The van der Waals surface area contributed by atoms with Crippen molar-refractivity contribution in [2.75, 3.05) is 12.9 Å². The minimum Gasteiger partial charge on any atom is -0.497 e. The summed E-state index contributed by atoms with van der Waals surface area (Å²) in [6, 6.07) is 7.59. The number of methoxy groups -OCH3 is 1. The molecule has 0 heterocycles. The lowest BCUT2D eigenvalue weighted by Crippen LogP contribution is -2.11. The van der Waals surface area contributed by atoms with Gasteiger partial charge in [-0.1, -0.05) is 6.92 Å². The number of carboxylic acids is 1. The maximum atomic E-state index is 10.6. The Kier molecular flexibility index (Phi) is 4.49. The predicted octanol–water partition coefficient (Wildman–Crippen LogP) is 2.51. The Balaban J connectivity index is 2.47. The molecule has 0 aliphatic heterocycles. The third-order valence-electron chi connectivity index (χ3n) is 1.98. The number of thioether (sulfide) groups is 1. The Labute approximate surface area is 93.4 Å². The van der Waals surface area contributed by atoms with Gasteiger partial charge in [-0.05, 0) is 24.3 Å². The quantitative estimate of drug-likeness (QED) is 0.784. The van der Waals surface area contributed by atoms with Crippen molar-refractivity contribution in [3.05, 3.63) is 24.3 Å². The molecule has 0 aliphatic rings. The van der Waals surface area contributed by atoms with Crippen LogP contribution in [0.1, 0.15) is 6.92 Å². The molecule has 0 spiro atoms. The summed E-state index contributed by atoms with van der Waals surface area (Å²) >= 11 is 1.54. The van der Waals surface area contributed by atoms with Crippen LogP contribution in [0.2, 0.25) is 0 Å². The van der Waals surface area contributed by atoms with Crippen LogP contribution in [0.5, 0.6) is 5.75 Å². The predicted molar refractivity (Wildman–Crippen MR) is 60.5 cm³/mol. The first-order valence-electron chi connectivity index (χ1n) is 4.63. The molecule has 1 aromatic rings. The van der Waals surface area contributed by atoms with Gasteiger partial charge in [-0.3, -0.25) is 4.79 Å². The normalized spacial score (nSPS) is 12.1. The van der Waals surface area contributed by atoms with Gasteiger partial charge in [0, 0.05) is 10.6 Å². The molecule has 0 aromatic heterocycles. The van der Waals surface area contributed by atoms with E-state index in [4.69, 9.17) is 9.84 Å². The second-order valence-electron chi connectivity index (χ2n) is 3.23. The summed E-state index contributed by atoms with van der Waals surface area (Å²) in [6.07, 6.45) is 0. The van der Waals surface area contributed by atoms with Gasteiger partial charge in [0.2, 0.25) is 0 Å². The zero-order valence-corrected chi connectivity index (χ0v) is 9.58. The highest BCUT2D eigenvalue weighted by Crippen LogP contribution is 2.23. The highest BCUT2D eigenvalue weighted by Gasteiger charge is 2.10. The molecule has 0 aliphatic carbocycles. The number of hydrogen-bond acceptors (Lipinski definition) is 3. The number of aliphatic carboxylic acids is 1. The van der Waals surface area contributed by atoms with Crippen molar-refractivity contribution in [3.63, 3.8) is 0 Å². The first-order valence-corrected chi connectivity index (χ1v) is 5.61. The lowest BCUT2D eigenvalue weighted by atomic mass is 10.2. The van der Waals surface area contributed by atoms with Crippen LogP contribution < -0.4 is 4.74 Å². The molecule has 1 N–H and O–H groups in total. The van der Waals surface area contributed by atoms with Crippen molar-refractivity contribution in [1.29, 1.82) is 0 Å². The maximum absolute atomic E-state index is 10.6. The van der Waals surface area contributed by atoms with Crippen LogP contribution in [-0.2, 0) is 4.79 Å². The second-order valence-corrected chi connectivity index (χ2v) is 4.32. The molecule has 15 heavy (non-hydrogen) atoms. The van der Waals surface area contributed by atoms with Gasteiger partial charge in [-0.25, -0.2) is 0 Å². The van der Waals surface area contributed by atoms with Gasteiger partial charge in [0.05, 0.1) is 13.0 Å². The van der Waals surface area contributed by atoms with Crippen LogP contribution in [0, 0.1) is 5.92 Å². The molecule has 4 heteroatoms. The molecular weight excluding hydrogens is 212 g/mol. The van der Waals surface area contributed by atoms with E-state index in [1.165, 1.54) is 11.8 Å². The van der Waals surface area contributed by atoms with Crippen LogP contribution in [0.4, 0.5) is 0 Å². The Morgan fingerprint density at radius 3 is 2.53 bits per heavy atom. The summed E-state index contributed by atoms with van der Waals surface area (Å²) < 4.78 is 5.03. The van der Waals surface area contributed by atoms with Crippen molar-refractivity contribution in [3.8, 4) is 5.75 Å². The van der Waals surface area contributed by atoms with E-state index in [9.17, 15) is 4.79 Å². The number of hydrogen-bond donors (Lipinski definition) is 1. The Bertz CT molecular complexity index is 321. The molecule has 0 saturated heterocycles. The first kappa shape index (κ1) is 11.9. The van der Waals surface area contributed by atoms with E-state index in [0.29, 0.717) is 5.75 Å². The highest BCUT2D eigenvalue weighted by atomic mass is 32.2. The SMILES string of the molecule is COc1ccc(SCC(C)C(=O)O)cc1. The van der Waals surface area contributed by atoms with E-state index < -0.39 is 5.97 Å². The van der Waals surface area contributed by atoms with Crippen molar-refractivity contribution in [2.45, 2.75) is 11.8 Å². The standard InChI is InChI=1S/C11H14O3S/c1-8(11(12)13)7-15-10-5-3-9(14-2)4-6-10/h3-6,8H,7H2,1-2H3,(H,12,13). The van der Waals surface area contributed by atoms with Crippen LogP contribution in [-0.4, -0.2) is 23.9 Å². The van der Waals surface area contributed by atoms with Crippen LogP contribution in [0.25, 0.3) is 0 Å². The monoisotopic (exact) mass is 226 g/mol. The summed E-state index contributed by atoms with van der Waals surface area (Å²) in [5.41, 5.74) is 0. The van der Waals surface area contributed by atoms with Crippen LogP contribution in [0.3, 0.4) is 0 Å². The number of carboxylic acid groups (broad SMARTS) is 1. The van der Waals surface area contributed by atoms with Crippen LogP contribution in [0.15, 0.2) is 29.2 Å². The van der Waals surface area contributed by atoms with Gasteiger partial charge in [0.15, 0.2) is 0 Å². The number of rotatable bonds is 5. The van der Waals surface area contributed by atoms with Gasteiger partial charge < -0.3 is 9.84 Å². The molecule has 0 fully saturated rings. The summed E-state index contributed by atoms with van der Waals surface area (Å²) in [5, 5.41) is 8.71. The molecule has 1 rings (SSSR count). The number of benzene rings is 1. The van der Waals surface area contributed by atoms with Gasteiger partial charge in [-0.15, -0.1) is 11.8 Å². The Morgan fingerprint density at radius 1 is 1.47 bits per heavy atom. The van der Waals surface area contributed by atoms with Gasteiger partial charge >= 0.3 is 5.97 Å². The van der Waals surface area contributed by atoms with Gasteiger partial charge in [-0.2, -0.15) is 0 Å². The summed E-state index contributed by atoms with van der Waals surface area (Å²) in [7, 11) is 1.62. The van der Waals surface area contributed by atoms with Crippen LogP contribution >= 0.6 is 11.8 Å². The topological polar surface area (TPSA) is 46.5 Å². The zero-order valence-electron chi connectivity index (χ0n) is 8.77. The van der Waals surface area contributed by atoms with Crippen molar-refractivity contribution in [1.82, 2.24) is 0 Å². The molecule has 82 valence electrons. The van der Waals surface area contributed by atoms with E-state index in [0.717, 1.165) is 10.6 Å². The lowest BCUT2D eigenvalue weighted by molar-refractivity contribution is -0.140. The fourth-order valence-electron chi connectivity index (χ4n) is 0.964. The zero-order chi connectivity index (χ0) is 11.3. The fourth-order valence-corrected chi connectivity index (χ4v) is 1.88. The van der Waals surface area contributed by atoms with Gasteiger partial charge in [0.25, 0.3) is 0 Å². The Morgan fingerprint density at radius 2 is 2.07 bits per heavy atom. The van der Waals surface area contributed by atoms with Crippen molar-refractivity contribution in [2.24, 2.45) is 5.92 Å². The summed E-state index contributed by atoms with van der Waals surface area (Å²) in [6.45, 7) is 1.71. The third-order valence-corrected chi connectivity index (χ3v) is 3.25. The van der Waals surface area contributed by atoms with Gasteiger partial charge in [0.1, 0.15) is 5.75 Å². The van der Waals surface area contributed by atoms with E-state index in [1.807, 2.05) is 24.3 Å². The van der Waals surface area contributed by atoms with E-state index in [1.54, 1.807) is 14.0 Å². The van der Waals surface area contributed by atoms with Crippen molar-refractivity contribution < 1.29 is 14.6 Å². The molecule has 1 atom stereocenters. The molecule has 0 radical (unpaired) electrons. The molecule has 3 nitrogen and oxygen atoms in total.